The second kappa shape index (κ2) is 6.80. The molecule has 2 bridgehead atoms. The normalized spacial score (nSPS) is 20.7. The number of hydrogen-bond acceptors (Lipinski definition) is 3. The summed E-state index contributed by atoms with van der Waals surface area (Å²) in [6, 6.07) is 18.7. The second-order valence-corrected chi connectivity index (χ2v) is 7.97. The van der Waals surface area contributed by atoms with Crippen LogP contribution in [0.3, 0.4) is 0 Å². The standard InChI is InChI=1S/C23H21ClN2O2/c1-28-22-9-6-14(10-21(22)24)17-7-8-20(19-5-3-2-4-18(17)19)23(27)26-12-15-11-16(13-26)25-15/h2-10,15-16,25H,11-13H2,1H3. The highest BCUT2D eigenvalue weighted by atomic mass is 35.5. The number of benzene rings is 3. The van der Waals surface area contributed by atoms with Crippen LogP contribution in [0.5, 0.6) is 5.75 Å². The van der Waals surface area contributed by atoms with Crippen molar-refractivity contribution >= 4 is 28.3 Å². The average molecular weight is 393 g/mol. The summed E-state index contributed by atoms with van der Waals surface area (Å²) in [5.41, 5.74) is 2.82. The van der Waals surface area contributed by atoms with Crippen molar-refractivity contribution in [2.24, 2.45) is 0 Å². The van der Waals surface area contributed by atoms with Crippen molar-refractivity contribution in [3.63, 3.8) is 0 Å². The van der Waals surface area contributed by atoms with E-state index in [0.29, 0.717) is 22.9 Å². The van der Waals surface area contributed by atoms with Gasteiger partial charge in [-0.1, -0.05) is 48.0 Å². The van der Waals surface area contributed by atoms with Gasteiger partial charge in [0.2, 0.25) is 0 Å². The predicted octanol–water partition coefficient (Wildman–Crippen LogP) is 4.36. The smallest absolute Gasteiger partial charge is 0.254 e. The first-order valence-electron chi connectivity index (χ1n) is 9.55. The van der Waals surface area contributed by atoms with Crippen molar-refractivity contribution < 1.29 is 9.53 Å². The lowest BCUT2D eigenvalue weighted by atomic mass is 9.90. The summed E-state index contributed by atoms with van der Waals surface area (Å²) in [5.74, 6) is 0.769. The zero-order valence-electron chi connectivity index (χ0n) is 15.6. The van der Waals surface area contributed by atoms with Gasteiger partial charge >= 0.3 is 0 Å². The fourth-order valence-electron chi connectivity index (χ4n) is 4.42. The third kappa shape index (κ3) is 2.84. The molecule has 2 unspecified atom stereocenters. The number of piperazine rings is 1. The molecule has 3 aromatic rings. The lowest BCUT2D eigenvalue weighted by Gasteiger charge is -2.48. The Morgan fingerprint density at radius 1 is 1.07 bits per heavy atom. The van der Waals surface area contributed by atoms with Gasteiger partial charge in [-0.2, -0.15) is 0 Å². The van der Waals surface area contributed by atoms with E-state index in [1.165, 1.54) is 6.42 Å². The summed E-state index contributed by atoms with van der Waals surface area (Å²) in [6.45, 7) is 1.58. The number of carbonyl (C=O) groups is 1. The van der Waals surface area contributed by atoms with Crippen LogP contribution in [0.1, 0.15) is 16.8 Å². The van der Waals surface area contributed by atoms with E-state index in [-0.39, 0.29) is 5.91 Å². The number of fused-ring (bicyclic) bond motifs is 3. The predicted molar refractivity (Wildman–Crippen MR) is 112 cm³/mol. The lowest BCUT2D eigenvalue weighted by Crippen LogP contribution is -2.67. The highest BCUT2D eigenvalue weighted by molar-refractivity contribution is 6.32. The number of ether oxygens (including phenoxy) is 1. The Labute approximate surface area is 169 Å². The highest BCUT2D eigenvalue weighted by Gasteiger charge is 2.38. The van der Waals surface area contributed by atoms with E-state index in [0.717, 1.165) is 40.6 Å². The summed E-state index contributed by atoms with van der Waals surface area (Å²) in [6.07, 6.45) is 1.18. The molecule has 3 aliphatic heterocycles. The van der Waals surface area contributed by atoms with Gasteiger partial charge in [0, 0.05) is 30.7 Å². The summed E-state index contributed by atoms with van der Waals surface area (Å²) >= 11 is 6.34. The van der Waals surface area contributed by atoms with Crippen LogP contribution >= 0.6 is 11.6 Å². The van der Waals surface area contributed by atoms with E-state index in [1.54, 1.807) is 7.11 Å². The maximum absolute atomic E-state index is 13.2. The minimum absolute atomic E-state index is 0.117. The molecule has 5 heteroatoms. The van der Waals surface area contributed by atoms with E-state index in [1.807, 2.05) is 53.4 Å². The second-order valence-electron chi connectivity index (χ2n) is 7.56. The van der Waals surface area contributed by atoms with E-state index < -0.39 is 0 Å². The molecule has 4 nitrogen and oxygen atoms in total. The molecule has 1 amide bonds. The highest BCUT2D eigenvalue weighted by Crippen LogP contribution is 2.35. The van der Waals surface area contributed by atoms with Crippen molar-refractivity contribution in [1.82, 2.24) is 10.2 Å². The first kappa shape index (κ1) is 17.5. The lowest BCUT2D eigenvalue weighted by molar-refractivity contribution is 0.0475. The van der Waals surface area contributed by atoms with Crippen LogP contribution < -0.4 is 10.1 Å². The van der Waals surface area contributed by atoms with Crippen LogP contribution in [0.25, 0.3) is 21.9 Å². The van der Waals surface area contributed by atoms with Gasteiger partial charge in [0.25, 0.3) is 5.91 Å². The van der Waals surface area contributed by atoms with Gasteiger partial charge in [-0.3, -0.25) is 4.79 Å². The third-order valence-corrected chi connectivity index (χ3v) is 6.12. The Kier molecular flexibility index (Phi) is 4.26. The van der Waals surface area contributed by atoms with Gasteiger partial charge in [0.15, 0.2) is 0 Å². The molecule has 0 aliphatic carbocycles. The van der Waals surface area contributed by atoms with Crippen molar-refractivity contribution in [3.8, 4) is 16.9 Å². The summed E-state index contributed by atoms with van der Waals surface area (Å²) in [7, 11) is 1.61. The van der Waals surface area contributed by atoms with Crippen molar-refractivity contribution in [3.05, 3.63) is 65.2 Å². The first-order valence-corrected chi connectivity index (χ1v) is 9.93. The quantitative estimate of drug-likeness (QED) is 0.720. The zero-order valence-corrected chi connectivity index (χ0v) is 16.4. The van der Waals surface area contributed by atoms with Crippen LogP contribution in [0, 0.1) is 0 Å². The van der Waals surface area contributed by atoms with Gasteiger partial charge in [0.05, 0.1) is 12.1 Å². The van der Waals surface area contributed by atoms with E-state index in [9.17, 15) is 4.79 Å². The summed E-state index contributed by atoms with van der Waals surface area (Å²) < 4.78 is 5.27. The molecule has 3 fully saturated rings. The van der Waals surface area contributed by atoms with Gasteiger partial charge in [-0.05, 0) is 46.5 Å². The van der Waals surface area contributed by atoms with Crippen LogP contribution in [-0.2, 0) is 0 Å². The third-order valence-electron chi connectivity index (χ3n) is 5.83. The number of rotatable bonds is 3. The fraction of sp³-hybridized carbons (Fsp3) is 0.261. The maximum atomic E-state index is 13.2. The van der Waals surface area contributed by atoms with Gasteiger partial charge in [0.1, 0.15) is 5.75 Å². The molecule has 3 saturated heterocycles. The molecule has 0 aromatic heterocycles. The van der Waals surface area contributed by atoms with Crippen molar-refractivity contribution in [2.45, 2.75) is 18.5 Å². The number of piperidine rings is 1. The first-order chi connectivity index (χ1) is 13.6. The van der Waals surface area contributed by atoms with Crippen LogP contribution in [0.4, 0.5) is 0 Å². The monoisotopic (exact) mass is 392 g/mol. The van der Waals surface area contributed by atoms with Gasteiger partial charge in [-0.25, -0.2) is 0 Å². The largest absolute Gasteiger partial charge is 0.495 e. The summed E-state index contributed by atoms with van der Waals surface area (Å²) in [5, 5.41) is 6.08. The molecule has 3 heterocycles. The number of amides is 1. The molecular formula is C23H21ClN2O2. The number of halogens is 1. The molecule has 1 N–H and O–H groups in total. The minimum Gasteiger partial charge on any atom is -0.495 e. The SMILES string of the molecule is COc1ccc(-c2ccc(C(=O)N3CC4CC(C3)N4)c3ccccc23)cc1Cl. The Morgan fingerprint density at radius 2 is 1.79 bits per heavy atom. The van der Waals surface area contributed by atoms with Gasteiger partial charge in [-0.15, -0.1) is 0 Å². The van der Waals surface area contributed by atoms with Crippen molar-refractivity contribution in [1.29, 1.82) is 0 Å². The Bertz CT molecular complexity index is 1070. The number of hydrogen-bond donors (Lipinski definition) is 1. The zero-order chi connectivity index (χ0) is 19.3. The Hall–Kier alpha value is -2.56. The van der Waals surface area contributed by atoms with E-state index >= 15 is 0 Å². The molecule has 6 rings (SSSR count). The number of methoxy groups -OCH3 is 1. The van der Waals surface area contributed by atoms with Crippen molar-refractivity contribution in [2.75, 3.05) is 20.2 Å². The number of carbonyl (C=O) groups excluding carboxylic acids is 1. The van der Waals surface area contributed by atoms with E-state index in [4.69, 9.17) is 16.3 Å². The molecule has 0 radical (unpaired) electrons. The number of nitrogens with one attached hydrogen (secondary N) is 1. The van der Waals surface area contributed by atoms with Crippen LogP contribution in [0.2, 0.25) is 5.02 Å². The van der Waals surface area contributed by atoms with Crippen LogP contribution in [-0.4, -0.2) is 43.1 Å². The molecule has 0 spiro atoms. The Balaban J connectivity index is 1.57. The average Bonchev–Trinajstić information content (AvgIpc) is 2.72. The molecule has 142 valence electrons. The topological polar surface area (TPSA) is 41.6 Å². The molecule has 28 heavy (non-hydrogen) atoms. The van der Waals surface area contributed by atoms with Gasteiger partial charge < -0.3 is 15.0 Å². The molecule has 3 aliphatic rings. The molecular weight excluding hydrogens is 372 g/mol. The Morgan fingerprint density at radius 3 is 2.46 bits per heavy atom. The molecule has 0 saturated carbocycles. The summed E-state index contributed by atoms with van der Waals surface area (Å²) in [4.78, 5) is 15.2. The van der Waals surface area contributed by atoms with E-state index in [2.05, 4.69) is 11.4 Å². The minimum atomic E-state index is 0.117. The van der Waals surface area contributed by atoms with Crippen LogP contribution in [0.15, 0.2) is 54.6 Å². The maximum Gasteiger partial charge on any atom is 0.254 e. The number of nitrogens with zero attached hydrogens (tertiary/aromatic N) is 1. The molecule has 2 atom stereocenters. The fourth-order valence-corrected chi connectivity index (χ4v) is 4.68. The molecule has 3 aromatic carbocycles.